The van der Waals surface area contributed by atoms with Gasteiger partial charge in [0.15, 0.2) is 0 Å². The zero-order valence-electron chi connectivity index (χ0n) is 8.26. The summed E-state index contributed by atoms with van der Waals surface area (Å²) in [5.41, 5.74) is -0.811. The lowest BCUT2D eigenvalue weighted by Crippen LogP contribution is -2.47. The Hall–Kier alpha value is -1.01. The maximum absolute atomic E-state index is 10.8. The van der Waals surface area contributed by atoms with Gasteiger partial charge in [-0.25, -0.2) is 0 Å². The number of aliphatic carboxylic acids is 1. The zero-order chi connectivity index (χ0) is 10.3. The standard InChI is InChI=1S/C10H17NO2/c1-4-5-6-7-8-10(2,11-3)9(12)13/h1,11H,5-8H2,2-3H3,(H,12,13). The molecule has 0 aliphatic carbocycles. The molecule has 0 radical (unpaired) electrons. The summed E-state index contributed by atoms with van der Waals surface area (Å²) in [7, 11) is 1.66. The lowest BCUT2D eigenvalue weighted by atomic mass is 9.95. The summed E-state index contributed by atoms with van der Waals surface area (Å²) in [6.45, 7) is 1.69. The average Bonchev–Trinajstić information content (AvgIpc) is 2.12. The minimum absolute atomic E-state index is 0.612. The first kappa shape index (κ1) is 12.0. The van der Waals surface area contributed by atoms with Gasteiger partial charge in [0.25, 0.3) is 0 Å². The second-order valence-corrected chi connectivity index (χ2v) is 3.30. The number of unbranched alkanes of at least 4 members (excludes halogenated alkanes) is 2. The van der Waals surface area contributed by atoms with Gasteiger partial charge in [-0.15, -0.1) is 12.3 Å². The third-order valence-corrected chi connectivity index (χ3v) is 2.27. The normalized spacial score (nSPS) is 14.5. The van der Waals surface area contributed by atoms with Gasteiger partial charge in [0.1, 0.15) is 5.54 Å². The van der Waals surface area contributed by atoms with Crippen molar-refractivity contribution in [2.45, 2.75) is 38.1 Å². The molecule has 0 rings (SSSR count). The van der Waals surface area contributed by atoms with Crippen molar-refractivity contribution in [1.82, 2.24) is 5.32 Å². The van der Waals surface area contributed by atoms with E-state index in [2.05, 4.69) is 11.2 Å². The summed E-state index contributed by atoms with van der Waals surface area (Å²) >= 11 is 0. The van der Waals surface area contributed by atoms with Crippen LogP contribution in [0.25, 0.3) is 0 Å². The molecule has 13 heavy (non-hydrogen) atoms. The largest absolute Gasteiger partial charge is 0.480 e. The summed E-state index contributed by atoms with van der Waals surface area (Å²) in [5, 5.41) is 11.7. The van der Waals surface area contributed by atoms with E-state index in [9.17, 15) is 4.79 Å². The number of hydrogen-bond acceptors (Lipinski definition) is 2. The molecule has 0 aromatic carbocycles. The van der Waals surface area contributed by atoms with Gasteiger partial charge in [-0.2, -0.15) is 0 Å². The van der Waals surface area contributed by atoms with Crippen LogP contribution in [-0.2, 0) is 4.79 Å². The molecular formula is C10H17NO2. The number of carbonyl (C=O) groups is 1. The van der Waals surface area contributed by atoms with E-state index in [1.807, 2.05) is 0 Å². The zero-order valence-corrected chi connectivity index (χ0v) is 8.26. The van der Waals surface area contributed by atoms with E-state index in [0.717, 1.165) is 19.3 Å². The third-order valence-electron chi connectivity index (χ3n) is 2.27. The van der Waals surface area contributed by atoms with Gasteiger partial charge in [0.05, 0.1) is 0 Å². The number of terminal acetylenes is 1. The molecule has 0 aliphatic rings. The first-order valence-electron chi connectivity index (χ1n) is 4.42. The van der Waals surface area contributed by atoms with Crippen LogP contribution in [0.2, 0.25) is 0 Å². The predicted octanol–water partition coefficient (Wildman–Crippen LogP) is 1.24. The highest BCUT2D eigenvalue weighted by Crippen LogP contribution is 2.14. The van der Waals surface area contributed by atoms with E-state index in [4.69, 9.17) is 11.5 Å². The average molecular weight is 183 g/mol. The Morgan fingerprint density at radius 1 is 1.62 bits per heavy atom. The Balaban J connectivity index is 3.86. The number of rotatable bonds is 6. The van der Waals surface area contributed by atoms with Crippen molar-refractivity contribution in [1.29, 1.82) is 0 Å². The second-order valence-electron chi connectivity index (χ2n) is 3.30. The van der Waals surface area contributed by atoms with E-state index >= 15 is 0 Å². The third kappa shape index (κ3) is 3.95. The highest BCUT2D eigenvalue weighted by atomic mass is 16.4. The van der Waals surface area contributed by atoms with E-state index < -0.39 is 11.5 Å². The molecule has 3 nitrogen and oxygen atoms in total. The SMILES string of the molecule is C#CCCCCC(C)(NC)C(=O)O. The summed E-state index contributed by atoms with van der Waals surface area (Å²) in [4.78, 5) is 10.8. The van der Waals surface area contributed by atoms with Crippen molar-refractivity contribution in [3.63, 3.8) is 0 Å². The fourth-order valence-electron chi connectivity index (χ4n) is 1.04. The van der Waals surface area contributed by atoms with Gasteiger partial charge in [-0.1, -0.05) is 6.42 Å². The smallest absolute Gasteiger partial charge is 0.323 e. The van der Waals surface area contributed by atoms with Gasteiger partial charge >= 0.3 is 5.97 Å². The molecular weight excluding hydrogens is 166 g/mol. The fraction of sp³-hybridized carbons (Fsp3) is 0.700. The van der Waals surface area contributed by atoms with Crippen molar-refractivity contribution in [2.75, 3.05) is 7.05 Å². The maximum Gasteiger partial charge on any atom is 0.323 e. The molecule has 1 unspecified atom stereocenters. The van der Waals surface area contributed by atoms with Gasteiger partial charge in [-0.3, -0.25) is 4.79 Å². The molecule has 1 atom stereocenters. The molecule has 0 saturated heterocycles. The molecule has 3 heteroatoms. The van der Waals surface area contributed by atoms with Crippen LogP contribution in [0, 0.1) is 12.3 Å². The molecule has 0 fully saturated rings. The van der Waals surface area contributed by atoms with Crippen LogP contribution in [0.1, 0.15) is 32.6 Å². The Morgan fingerprint density at radius 2 is 2.23 bits per heavy atom. The van der Waals surface area contributed by atoms with Crippen LogP contribution in [-0.4, -0.2) is 23.7 Å². The molecule has 0 heterocycles. The van der Waals surface area contributed by atoms with Crippen molar-refractivity contribution in [3.05, 3.63) is 0 Å². The molecule has 0 amide bonds. The van der Waals surface area contributed by atoms with Crippen LogP contribution < -0.4 is 5.32 Å². The number of hydrogen-bond donors (Lipinski definition) is 2. The van der Waals surface area contributed by atoms with Crippen LogP contribution in [0.4, 0.5) is 0 Å². The van der Waals surface area contributed by atoms with Crippen LogP contribution in [0.3, 0.4) is 0 Å². The monoisotopic (exact) mass is 183 g/mol. The minimum atomic E-state index is -0.811. The van der Waals surface area contributed by atoms with E-state index in [1.165, 1.54) is 0 Å². The fourth-order valence-corrected chi connectivity index (χ4v) is 1.04. The number of carboxylic acid groups (broad SMARTS) is 1. The first-order valence-corrected chi connectivity index (χ1v) is 4.42. The van der Waals surface area contributed by atoms with E-state index in [-0.39, 0.29) is 0 Å². The summed E-state index contributed by atoms with van der Waals surface area (Å²) in [5.74, 6) is 1.72. The van der Waals surface area contributed by atoms with Gasteiger partial charge in [0.2, 0.25) is 0 Å². The lowest BCUT2D eigenvalue weighted by Gasteiger charge is -2.23. The maximum atomic E-state index is 10.8. The highest BCUT2D eigenvalue weighted by Gasteiger charge is 2.29. The van der Waals surface area contributed by atoms with Gasteiger partial charge in [0, 0.05) is 6.42 Å². The highest BCUT2D eigenvalue weighted by molar-refractivity contribution is 5.78. The lowest BCUT2D eigenvalue weighted by molar-refractivity contribution is -0.144. The molecule has 0 aromatic heterocycles. The van der Waals surface area contributed by atoms with E-state index in [1.54, 1.807) is 14.0 Å². The first-order chi connectivity index (χ1) is 6.06. The number of carboxylic acids is 1. The molecule has 74 valence electrons. The minimum Gasteiger partial charge on any atom is -0.480 e. The Bertz CT molecular complexity index is 207. The van der Waals surface area contributed by atoms with Crippen LogP contribution in [0.5, 0.6) is 0 Å². The van der Waals surface area contributed by atoms with E-state index in [0.29, 0.717) is 6.42 Å². The Morgan fingerprint density at radius 3 is 2.62 bits per heavy atom. The van der Waals surface area contributed by atoms with Crippen molar-refractivity contribution >= 4 is 5.97 Å². The molecule has 0 bridgehead atoms. The van der Waals surface area contributed by atoms with Crippen molar-refractivity contribution in [2.24, 2.45) is 0 Å². The molecule has 0 aliphatic heterocycles. The summed E-state index contributed by atoms with van der Waals surface area (Å²) in [6.07, 6.45) is 8.15. The molecule has 0 spiro atoms. The molecule has 0 aromatic rings. The molecule has 2 N–H and O–H groups in total. The van der Waals surface area contributed by atoms with Gasteiger partial charge < -0.3 is 10.4 Å². The number of nitrogens with one attached hydrogen (secondary N) is 1. The second kappa shape index (κ2) is 5.60. The Kier molecular flexibility index (Phi) is 5.17. The van der Waals surface area contributed by atoms with Crippen LogP contribution in [0.15, 0.2) is 0 Å². The molecule has 0 saturated carbocycles. The Labute approximate surface area is 79.5 Å². The summed E-state index contributed by atoms with van der Waals surface area (Å²) < 4.78 is 0. The van der Waals surface area contributed by atoms with Crippen LogP contribution >= 0.6 is 0 Å². The summed E-state index contributed by atoms with van der Waals surface area (Å²) in [6, 6.07) is 0. The van der Waals surface area contributed by atoms with Crippen molar-refractivity contribution in [3.8, 4) is 12.3 Å². The number of likely N-dealkylation sites (N-methyl/N-ethyl adjacent to an activating group) is 1. The van der Waals surface area contributed by atoms with Gasteiger partial charge in [-0.05, 0) is 26.8 Å². The van der Waals surface area contributed by atoms with Crippen molar-refractivity contribution < 1.29 is 9.90 Å². The topological polar surface area (TPSA) is 49.3 Å². The predicted molar refractivity (Wildman–Crippen MR) is 52.4 cm³/mol. The quantitative estimate of drug-likeness (QED) is 0.481.